The molecule has 0 fully saturated rings. The van der Waals surface area contributed by atoms with Crippen LogP contribution in [0.2, 0.25) is 0 Å². The highest BCUT2D eigenvalue weighted by molar-refractivity contribution is 5.76. The summed E-state index contributed by atoms with van der Waals surface area (Å²) in [6.07, 6.45) is 46.2. The second kappa shape index (κ2) is 34.4. The molecule has 0 saturated carbocycles. The van der Waals surface area contributed by atoms with E-state index in [1.807, 2.05) is 0 Å². The van der Waals surface area contributed by atoms with Gasteiger partial charge in [0.15, 0.2) is 0 Å². The van der Waals surface area contributed by atoms with E-state index < -0.39 is 0 Å². The Labute approximate surface area is 253 Å². The Kier molecular flexibility index (Phi) is 33.7. The number of rotatable bonds is 33. The molecule has 1 atom stereocenters. The van der Waals surface area contributed by atoms with E-state index in [2.05, 4.69) is 38.2 Å². The summed E-state index contributed by atoms with van der Waals surface area (Å²) in [6.45, 7) is 6.76. The molecule has 0 rings (SSSR count). The van der Waals surface area contributed by atoms with Crippen LogP contribution in [-0.4, -0.2) is 11.9 Å². The van der Waals surface area contributed by atoms with E-state index in [-0.39, 0.29) is 5.91 Å². The lowest BCUT2D eigenvalue weighted by molar-refractivity contribution is -0.121. The first kappa shape index (κ1) is 39.2. The van der Waals surface area contributed by atoms with Crippen LogP contribution in [0.4, 0.5) is 0 Å². The van der Waals surface area contributed by atoms with E-state index in [9.17, 15) is 4.79 Å². The van der Waals surface area contributed by atoms with Gasteiger partial charge in [0.25, 0.3) is 0 Å². The second-order valence-corrected chi connectivity index (χ2v) is 12.9. The van der Waals surface area contributed by atoms with Crippen molar-refractivity contribution >= 4 is 5.91 Å². The molecule has 0 aromatic heterocycles. The smallest absolute Gasteiger partial charge is 0.220 e. The lowest BCUT2D eigenvalue weighted by Gasteiger charge is -2.13. The van der Waals surface area contributed by atoms with Gasteiger partial charge in [0.05, 0.1) is 0 Å². The third kappa shape index (κ3) is 33.4. The number of nitrogens with one attached hydrogen (secondary N) is 1. The predicted octanol–water partition coefficient (Wildman–Crippen LogP) is 13.2. The number of carbonyl (C=O) groups excluding carboxylic acids is 1. The van der Waals surface area contributed by atoms with E-state index in [1.54, 1.807) is 0 Å². The Balaban J connectivity index is 3.31. The zero-order valence-corrected chi connectivity index (χ0v) is 28.1. The molecule has 0 saturated heterocycles. The summed E-state index contributed by atoms with van der Waals surface area (Å²) in [5.74, 6) is 0.265. The summed E-state index contributed by atoms with van der Waals surface area (Å²) in [5.41, 5.74) is 0. The molecular formula is C38H75NO. The van der Waals surface area contributed by atoms with Crippen molar-refractivity contribution in [1.29, 1.82) is 0 Å². The van der Waals surface area contributed by atoms with Crippen LogP contribution in [0, 0.1) is 0 Å². The standard InChI is InChI=1S/C38H75NO/c1-4-6-8-10-12-14-16-18-20-22-23-25-27-29-31-33-35-37(3)39-38(40)36-34-32-30-28-26-24-21-19-17-15-13-11-9-7-5-2/h19,21,37H,4-18,20,22-36H2,1-3H3,(H,39,40). The fourth-order valence-electron chi connectivity index (χ4n) is 5.77. The molecule has 40 heavy (non-hydrogen) atoms. The maximum atomic E-state index is 12.2. The molecule has 2 nitrogen and oxygen atoms in total. The van der Waals surface area contributed by atoms with Crippen LogP contribution in [-0.2, 0) is 4.79 Å². The van der Waals surface area contributed by atoms with Gasteiger partial charge in [-0.25, -0.2) is 0 Å². The summed E-state index contributed by atoms with van der Waals surface area (Å²) >= 11 is 0. The minimum absolute atomic E-state index is 0.265. The molecule has 0 aliphatic heterocycles. The number of unbranched alkanes of at least 4 members (excludes halogenated alkanes) is 26. The van der Waals surface area contributed by atoms with Gasteiger partial charge in [-0.15, -0.1) is 0 Å². The molecular weight excluding hydrogens is 486 g/mol. The minimum Gasteiger partial charge on any atom is -0.354 e. The quantitative estimate of drug-likeness (QED) is 0.0626. The molecule has 2 heteroatoms. The van der Waals surface area contributed by atoms with Crippen molar-refractivity contribution in [3.63, 3.8) is 0 Å². The van der Waals surface area contributed by atoms with Crippen molar-refractivity contribution in [3.05, 3.63) is 12.2 Å². The van der Waals surface area contributed by atoms with Crippen LogP contribution in [0.25, 0.3) is 0 Å². The van der Waals surface area contributed by atoms with Gasteiger partial charge < -0.3 is 5.32 Å². The third-order valence-electron chi connectivity index (χ3n) is 8.56. The highest BCUT2D eigenvalue weighted by Gasteiger charge is 2.07. The first-order chi connectivity index (χ1) is 19.7. The van der Waals surface area contributed by atoms with Gasteiger partial charge in [0.2, 0.25) is 5.91 Å². The largest absolute Gasteiger partial charge is 0.354 e. The van der Waals surface area contributed by atoms with Crippen molar-refractivity contribution in [2.45, 2.75) is 226 Å². The molecule has 1 N–H and O–H groups in total. The third-order valence-corrected chi connectivity index (χ3v) is 8.56. The summed E-state index contributed by atoms with van der Waals surface area (Å²) in [6, 6.07) is 0.335. The van der Waals surface area contributed by atoms with Gasteiger partial charge >= 0.3 is 0 Å². The van der Waals surface area contributed by atoms with E-state index in [0.717, 1.165) is 12.8 Å². The minimum atomic E-state index is 0.265. The van der Waals surface area contributed by atoms with E-state index in [4.69, 9.17) is 0 Å². The van der Waals surface area contributed by atoms with Gasteiger partial charge in [0, 0.05) is 12.5 Å². The van der Waals surface area contributed by atoms with Crippen molar-refractivity contribution in [3.8, 4) is 0 Å². The summed E-state index contributed by atoms with van der Waals surface area (Å²) in [5, 5.41) is 3.23. The van der Waals surface area contributed by atoms with Gasteiger partial charge in [-0.3, -0.25) is 4.79 Å². The van der Waals surface area contributed by atoms with Crippen molar-refractivity contribution in [2.24, 2.45) is 0 Å². The molecule has 0 aromatic carbocycles. The number of hydrogen-bond donors (Lipinski definition) is 1. The van der Waals surface area contributed by atoms with Crippen molar-refractivity contribution < 1.29 is 4.79 Å². The first-order valence-electron chi connectivity index (χ1n) is 18.6. The fraction of sp³-hybridized carbons (Fsp3) is 0.921. The maximum Gasteiger partial charge on any atom is 0.220 e. The van der Waals surface area contributed by atoms with Crippen LogP contribution >= 0.6 is 0 Å². The Morgan fingerprint density at radius 2 is 0.800 bits per heavy atom. The van der Waals surface area contributed by atoms with Crippen molar-refractivity contribution in [2.75, 3.05) is 0 Å². The summed E-state index contributed by atoms with van der Waals surface area (Å²) in [7, 11) is 0. The first-order valence-corrected chi connectivity index (χ1v) is 18.6. The molecule has 0 aliphatic carbocycles. The average Bonchev–Trinajstić information content (AvgIpc) is 2.94. The Hall–Kier alpha value is -0.790. The van der Waals surface area contributed by atoms with Gasteiger partial charge in [-0.05, 0) is 45.4 Å². The van der Waals surface area contributed by atoms with Gasteiger partial charge in [-0.2, -0.15) is 0 Å². The van der Waals surface area contributed by atoms with Crippen LogP contribution in [0.15, 0.2) is 12.2 Å². The molecule has 238 valence electrons. The van der Waals surface area contributed by atoms with E-state index in [0.29, 0.717) is 12.5 Å². The number of carbonyl (C=O) groups is 1. The zero-order valence-electron chi connectivity index (χ0n) is 28.1. The summed E-state index contributed by atoms with van der Waals surface area (Å²) in [4.78, 5) is 12.2. The maximum absolute atomic E-state index is 12.2. The van der Waals surface area contributed by atoms with Crippen molar-refractivity contribution in [1.82, 2.24) is 5.32 Å². The number of hydrogen-bond acceptors (Lipinski definition) is 1. The second-order valence-electron chi connectivity index (χ2n) is 12.9. The Morgan fingerprint density at radius 3 is 1.20 bits per heavy atom. The van der Waals surface area contributed by atoms with Gasteiger partial charge in [0.1, 0.15) is 0 Å². The zero-order chi connectivity index (χ0) is 29.2. The molecule has 1 unspecified atom stereocenters. The lowest BCUT2D eigenvalue weighted by atomic mass is 10.0. The Morgan fingerprint density at radius 1 is 0.475 bits per heavy atom. The number of allylic oxidation sites excluding steroid dienone is 2. The highest BCUT2D eigenvalue weighted by atomic mass is 16.1. The monoisotopic (exact) mass is 562 g/mol. The van der Waals surface area contributed by atoms with E-state index in [1.165, 1.54) is 180 Å². The fourth-order valence-corrected chi connectivity index (χ4v) is 5.77. The normalized spacial score (nSPS) is 12.4. The lowest BCUT2D eigenvalue weighted by Crippen LogP contribution is -2.32. The molecule has 0 aromatic rings. The van der Waals surface area contributed by atoms with Crippen LogP contribution in [0.3, 0.4) is 0 Å². The van der Waals surface area contributed by atoms with Crippen LogP contribution in [0.1, 0.15) is 220 Å². The average molecular weight is 562 g/mol. The topological polar surface area (TPSA) is 29.1 Å². The molecule has 0 spiro atoms. The SMILES string of the molecule is CCCCCCCCC=CCCCCCCCC(=O)NC(C)CCCCCCCCCCCCCCCCCC. The highest BCUT2D eigenvalue weighted by Crippen LogP contribution is 2.15. The molecule has 0 aliphatic rings. The van der Waals surface area contributed by atoms with E-state index >= 15 is 0 Å². The molecule has 0 bridgehead atoms. The molecule has 1 amide bonds. The molecule has 0 heterocycles. The van der Waals surface area contributed by atoms with Crippen LogP contribution < -0.4 is 5.32 Å². The van der Waals surface area contributed by atoms with Crippen LogP contribution in [0.5, 0.6) is 0 Å². The summed E-state index contributed by atoms with van der Waals surface area (Å²) < 4.78 is 0. The molecule has 0 radical (unpaired) electrons. The Bertz CT molecular complexity index is 514. The predicted molar refractivity (Wildman–Crippen MR) is 181 cm³/mol. The van der Waals surface area contributed by atoms with Gasteiger partial charge in [-0.1, -0.05) is 180 Å². The number of amides is 1.